The van der Waals surface area contributed by atoms with Gasteiger partial charge in [0.15, 0.2) is 0 Å². The minimum Gasteiger partial charge on any atom is -0.442 e. The maximum absolute atomic E-state index is 12.3. The number of hydrogen-bond donors (Lipinski definition) is 0. The summed E-state index contributed by atoms with van der Waals surface area (Å²) in [5.74, 6) is -0.255. The van der Waals surface area contributed by atoms with Crippen molar-refractivity contribution in [1.82, 2.24) is 0 Å². The summed E-state index contributed by atoms with van der Waals surface area (Å²) < 4.78 is 17.0. The lowest BCUT2D eigenvalue weighted by Gasteiger charge is -1.96. The third-order valence-electron chi connectivity index (χ3n) is 1.24. The second-order valence-electron chi connectivity index (χ2n) is 2.03. The molecule has 0 amide bonds. The van der Waals surface area contributed by atoms with Crippen LogP contribution in [-0.2, 0) is 11.3 Å². The maximum atomic E-state index is 12.3. The monoisotopic (exact) mass is 150 g/mol. The van der Waals surface area contributed by atoms with Crippen molar-refractivity contribution in [1.29, 1.82) is 0 Å². The molecule has 56 valence electrons. The molecule has 0 aliphatic rings. The summed E-state index contributed by atoms with van der Waals surface area (Å²) in [6.45, 7) is 0.330. The summed E-state index contributed by atoms with van der Waals surface area (Å²) in [5.41, 5.74) is 0.865. The zero-order chi connectivity index (χ0) is 8.10. The molecule has 0 saturated carbocycles. The van der Waals surface area contributed by atoms with E-state index in [0.717, 1.165) is 5.56 Å². The minimum atomic E-state index is -0.255. The van der Waals surface area contributed by atoms with Crippen molar-refractivity contribution in [2.45, 2.75) is 6.61 Å². The van der Waals surface area contributed by atoms with Crippen LogP contribution < -0.4 is 0 Å². The van der Waals surface area contributed by atoms with Gasteiger partial charge in [-0.05, 0) is 17.7 Å². The summed E-state index contributed by atoms with van der Waals surface area (Å²) in [4.78, 5) is 0. The molecule has 0 aliphatic carbocycles. The summed E-state index contributed by atoms with van der Waals surface area (Å²) in [5, 5.41) is 0. The van der Waals surface area contributed by atoms with Crippen molar-refractivity contribution in [3.05, 3.63) is 35.6 Å². The average molecular weight is 150 g/mol. The summed E-state index contributed by atoms with van der Waals surface area (Å²) >= 11 is 0. The lowest BCUT2D eigenvalue weighted by molar-refractivity contribution is 0.265. The third-order valence-corrected chi connectivity index (χ3v) is 1.24. The van der Waals surface area contributed by atoms with Crippen molar-refractivity contribution < 1.29 is 9.13 Å². The Labute approximate surface area is 64.8 Å². The first-order chi connectivity index (χ1) is 5.33. The van der Waals surface area contributed by atoms with E-state index in [0.29, 0.717) is 6.61 Å². The van der Waals surface area contributed by atoms with Crippen LogP contribution in [0.1, 0.15) is 5.56 Å². The van der Waals surface area contributed by atoms with E-state index in [2.05, 4.69) is 4.74 Å². The number of ether oxygens (including phenoxy) is 1. The predicted octanol–water partition coefficient (Wildman–Crippen LogP) is 1.93. The van der Waals surface area contributed by atoms with Crippen LogP contribution in [0.15, 0.2) is 24.3 Å². The lowest BCUT2D eigenvalue weighted by atomic mass is 10.2. The van der Waals surface area contributed by atoms with E-state index in [1.807, 2.05) is 6.11 Å². The first kappa shape index (κ1) is 7.62. The Bertz CT molecular complexity index is 258. The molecule has 0 unspecified atom stereocenters. The second-order valence-corrected chi connectivity index (χ2v) is 2.03. The number of terminal acetylenes is 1. The molecule has 0 saturated heterocycles. The van der Waals surface area contributed by atoms with Gasteiger partial charge in [-0.25, -0.2) is 4.39 Å². The smallest absolute Gasteiger partial charge is 0.125 e. The van der Waals surface area contributed by atoms with Gasteiger partial charge in [0, 0.05) is 0 Å². The van der Waals surface area contributed by atoms with Gasteiger partial charge in [0.25, 0.3) is 0 Å². The van der Waals surface area contributed by atoms with Crippen LogP contribution in [0.5, 0.6) is 0 Å². The van der Waals surface area contributed by atoms with Crippen LogP contribution in [0.4, 0.5) is 4.39 Å². The van der Waals surface area contributed by atoms with Gasteiger partial charge >= 0.3 is 0 Å². The Morgan fingerprint density at radius 3 is 2.55 bits per heavy atom. The molecule has 0 N–H and O–H groups in total. The van der Waals surface area contributed by atoms with Gasteiger partial charge in [-0.3, -0.25) is 0 Å². The van der Waals surface area contributed by atoms with Gasteiger partial charge in [-0.15, -0.1) is 0 Å². The molecular formula is C9H7FO. The molecular weight excluding hydrogens is 143 g/mol. The van der Waals surface area contributed by atoms with Crippen LogP contribution in [0.3, 0.4) is 0 Å². The van der Waals surface area contributed by atoms with E-state index in [1.165, 1.54) is 12.1 Å². The zero-order valence-corrected chi connectivity index (χ0v) is 5.88. The van der Waals surface area contributed by atoms with Crippen LogP contribution >= 0.6 is 0 Å². The quantitative estimate of drug-likeness (QED) is 0.585. The lowest BCUT2D eigenvalue weighted by Crippen LogP contribution is -1.86. The normalized spacial score (nSPS) is 8.73. The van der Waals surface area contributed by atoms with Gasteiger partial charge < -0.3 is 4.74 Å². The Balaban J connectivity index is 2.60. The molecule has 1 nitrogen and oxygen atoms in total. The molecule has 0 bridgehead atoms. The van der Waals surface area contributed by atoms with E-state index < -0.39 is 0 Å². The van der Waals surface area contributed by atoms with Crippen molar-refractivity contribution in [2.75, 3.05) is 0 Å². The van der Waals surface area contributed by atoms with Crippen LogP contribution in [0.2, 0.25) is 0 Å². The fourth-order valence-corrected chi connectivity index (χ4v) is 0.706. The molecule has 11 heavy (non-hydrogen) atoms. The maximum Gasteiger partial charge on any atom is 0.125 e. The molecule has 2 heteroatoms. The number of hydrogen-bond acceptors (Lipinski definition) is 1. The number of halogens is 1. The topological polar surface area (TPSA) is 9.23 Å². The van der Waals surface area contributed by atoms with Crippen LogP contribution in [0.25, 0.3) is 0 Å². The highest BCUT2D eigenvalue weighted by molar-refractivity contribution is 5.15. The molecule has 1 aromatic carbocycles. The highest BCUT2D eigenvalue weighted by atomic mass is 19.1. The molecule has 0 fully saturated rings. The minimum absolute atomic E-state index is 0.255. The molecule has 0 heterocycles. The van der Waals surface area contributed by atoms with Crippen molar-refractivity contribution in [3.63, 3.8) is 0 Å². The zero-order valence-electron chi connectivity index (χ0n) is 5.88. The predicted molar refractivity (Wildman–Crippen MR) is 40.0 cm³/mol. The molecule has 0 aromatic heterocycles. The average Bonchev–Trinajstić information content (AvgIpc) is 2.04. The third kappa shape index (κ3) is 2.30. The number of rotatable bonds is 2. The van der Waals surface area contributed by atoms with Crippen LogP contribution in [-0.4, -0.2) is 0 Å². The van der Waals surface area contributed by atoms with Gasteiger partial charge in [0.1, 0.15) is 18.5 Å². The fraction of sp³-hybridized carbons (Fsp3) is 0.111. The molecule has 0 atom stereocenters. The SMILES string of the molecule is C#COCc1ccc(F)cc1. The molecule has 0 spiro atoms. The highest BCUT2D eigenvalue weighted by Gasteiger charge is 1.91. The Hall–Kier alpha value is -1.49. The summed E-state index contributed by atoms with van der Waals surface area (Å²) in [7, 11) is 0. The molecule has 0 aliphatic heterocycles. The molecule has 1 aromatic rings. The van der Waals surface area contributed by atoms with Crippen molar-refractivity contribution >= 4 is 0 Å². The molecule has 1 rings (SSSR count). The van der Waals surface area contributed by atoms with Gasteiger partial charge in [0.2, 0.25) is 0 Å². The van der Waals surface area contributed by atoms with Gasteiger partial charge in [0.05, 0.1) is 0 Å². The van der Waals surface area contributed by atoms with Gasteiger partial charge in [-0.2, -0.15) is 0 Å². The van der Waals surface area contributed by atoms with E-state index in [9.17, 15) is 4.39 Å². The number of benzene rings is 1. The van der Waals surface area contributed by atoms with Gasteiger partial charge in [-0.1, -0.05) is 18.6 Å². The van der Waals surface area contributed by atoms with Crippen molar-refractivity contribution in [2.24, 2.45) is 0 Å². The van der Waals surface area contributed by atoms with E-state index in [4.69, 9.17) is 6.42 Å². The summed E-state index contributed by atoms with van der Waals surface area (Å²) in [6, 6.07) is 6.00. The summed E-state index contributed by atoms with van der Waals surface area (Å²) in [6.07, 6.45) is 6.90. The second kappa shape index (κ2) is 3.62. The van der Waals surface area contributed by atoms with E-state index in [1.54, 1.807) is 12.1 Å². The Morgan fingerprint density at radius 1 is 1.36 bits per heavy atom. The fourth-order valence-electron chi connectivity index (χ4n) is 0.706. The van der Waals surface area contributed by atoms with Crippen molar-refractivity contribution in [3.8, 4) is 12.5 Å². The van der Waals surface area contributed by atoms with E-state index >= 15 is 0 Å². The van der Waals surface area contributed by atoms with E-state index in [-0.39, 0.29) is 5.82 Å². The van der Waals surface area contributed by atoms with Crippen LogP contribution in [0, 0.1) is 18.3 Å². The Kier molecular flexibility index (Phi) is 2.51. The first-order valence-corrected chi connectivity index (χ1v) is 3.15. The first-order valence-electron chi connectivity index (χ1n) is 3.15. The largest absolute Gasteiger partial charge is 0.442 e. The Morgan fingerprint density at radius 2 is 2.00 bits per heavy atom. The standard InChI is InChI=1S/C9H7FO/c1-2-11-7-8-3-5-9(10)6-4-8/h1,3-6H,7H2. The highest BCUT2D eigenvalue weighted by Crippen LogP contribution is 2.03. The molecule has 0 radical (unpaired) electrons.